The molecule has 256 valence electrons. The van der Waals surface area contributed by atoms with E-state index in [2.05, 4.69) is 74.9 Å². The van der Waals surface area contributed by atoms with E-state index in [0.29, 0.717) is 18.1 Å². The van der Waals surface area contributed by atoms with Crippen molar-refractivity contribution in [3.63, 3.8) is 0 Å². The van der Waals surface area contributed by atoms with Gasteiger partial charge in [-0.05, 0) is 67.0 Å². The first kappa shape index (κ1) is 33.2. The zero-order valence-electron chi connectivity index (χ0n) is 28.6. The molecule has 1 aliphatic heterocycles. The van der Waals surface area contributed by atoms with Gasteiger partial charge in [-0.2, -0.15) is 0 Å². The number of unbranched alkanes of at least 4 members (excludes halogenated alkanes) is 1. The second-order valence-electron chi connectivity index (χ2n) is 12.7. The first-order chi connectivity index (χ1) is 25.6. The molecule has 0 amide bonds. The molecule has 0 N–H and O–H groups in total. The van der Waals surface area contributed by atoms with Gasteiger partial charge < -0.3 is 8.98 Å². The van der Waals surface area contributed by atoms with Gasteiger partial charge in [0.1, 0.15) is 11.5 Å². The number of rotatable bonds is 12. The van der Waals surface area contributed by atoms with Gasteiger partial charge in [0.05, 0.1) is 19.1 Å². The van der Waals surface area contributed by atoms with Gasteiger partial charge in [-0.25, -0.2) is 4.98 Å². The Labute approximate surface area is 310 Å². The lowest BCUT2D eigenvalue weighted by Crippen LogP contribution is -2.39. The fourth-order valence-electron chi connectivity index (χ4n) is 7.27. The summed E-state index contributed by atoms with van der Waals surface area (Å²) in [6.07, 6.45) is 8.91. The van der Waals surface area contributed by atoms with Gasteiger partial charge in [0.25, 0.3) is 0 Å². The van der Waals surface area contributed by atoms with Gasteiger partial charge in [-0.3, -0.25) is 4.79 Å². The smallest absolute Gasteiger partial charge is 0.205 e. The van der Waals surface area contributed by atoms with Crippen LogP contribution in [-0.2, 0) is 18.5 Å². The van der Waals surface area contributed by atoms with E-state index >= 15 is 0 Å². The fourth-order valence-corrected chi connectivity index (χ4v) is 8.03. The highest BCUT2D eigenvalue weighted by atomic mass is 79.9. The highest BCUT2D eigenvalue weighted by Crippen LogP contribution is 2.49. The molecule has 0 spiro atoms. The fraction of sp³-hybridized carbons (Fsp3) is 0.140. The molecule has 0 unspecified atom stereocenters. The Kier molecular flexibility index (Phi) is 9.18. The number of aryl methyl sites for hydroxylation is 1. The third-order valence-corrected chi connectivity index (χ3v) is 10.5. The monoisotopic (exact) mass is 746 g/mol. The molecule has 0 saturated carbocycles. The predicted octanol–water partition coefficient (Wildman–Crippen LogP) is 9.71. The molecule has 0 bridgehead atoms. The topological polar surface area (TPSA) is 91.6 Å². The molecule has 0 atom stereocenters. The molecule has 8 rings (SSSR count). The minimum atomic E-state index is -0.904. The summed E-state index contributed by atoms with van der Waals surface area (Å²) in [5, 5.41) is 14.8. The maximum absolute atomic E-state index is 11.8. The number of fused-ring (bicyclic) bond motifs is 1. The molecule has 2 aromatic heterocycles. The van der Waals surface area contributed by atoms with Crippen LogP contribution in [0.3, 0.4) is 0 Å². The maximum atomic E-state index is 11.8. The lowest BCUT2D eigenvalue weighted by Gasteiger charge is -2.34. The van der Waals surface area contributed by atoms with Crippen molar-refractivity contribution in [1.29, 1.82) is 0 Å². The molecule has 1 aliphatic carbocycles. The highest BCUT2D eigenvalue weighted by molar-refractivity contribution is 9.10. The molecule has 3 heterocycles. The van der Waals surface area contributed by atoms with Gasteiger partial charge in [-0.1, -0.05) is 129 Å². The Morgan fingerprint density at radius 1 is 0.769 bits per heavy atom. The molecule has 52 heavy (non-hydrogen) atoms. The molecule has 4 aromatic carbocycles. The van der Waals surface area contributed by atoms with E-state index in [0.717, 1.165) is 85.9 Å². The summed E-state index contributed by atoms with van der Waals surface area (Å²) in [5.74, 6) is 1.38. The molecule has 0 radical (unpaired) electrons. The minimum absolute atomic E-state index is 0.428. The quantitative estimate of drug-likeness (QED) is 0.0914. The summed E-state index contributed by atoms with van der Waals surface area (Å²) in [4.78, 5) is 18.2. The van der Waals surface area contributed by atoms with Gasteiger partial charge >= 0.3 is 0 Å². The lowest BCUT2D eigenvalue weighted by atomic mass is 9.77. The minimum Gasteiger partial charge on any atom is -0.472 e. The van der Waals surface area contributed by atoms with Crippen LogP contribution in [0.15, 0.2) is 149 Å². The number of carbonyl (C=O) groups is 1. The number of imidazole rings is 1. The van der Waals surface area contributed by atoms with Gasteiger partial charge in [0, 0.05) is 33.8 Å². The van der Waals surface area contributed by atoms with E-state index in [1.807, 2.05) is 85.1 Å². The summed E-state index contributed by atoms with van der Waals surface area (Å²) in [5.41, 5.74) is 8.37. The van der Waals surface area contributed by atoms with Crippen molar-refractivity contribution in [2.45, 2.75) is 38.3 Å². The van der Waals surface area contributed by atoms with Crippen LogP contribution < -0.4 is 0 Å². The Morgan fingerprint density at radius 3 is 2.00 bits per heavy atom. The maximum Gasteiger partial charge on any atom is 0.205 e. The number of hydrogen-bond acceptors (Lipinski definition) is 6. The number of carbonyl (C=O) groups excluding carboxylic acids is 1. The van der Waals surface area contributed by atoms with Crippen LogP contribution in [-0.4, -0.2) is 36.0 Å². The number of halogens is 1. The largest absolute Gasteiger partial charge is 0.472 e. The summed E-state index contributed by atoms with van der Waals surface area (Å²) >= 11 is 3.96. The SMILES string of the molecule is CCCCc1nc(C=O)cn1Cc1c2ccocc-2c(Br)c1-c1ccccc1-c1nnn(C(c2ccccc2)(c2ccccc2)c2ccccc2)n1. The number of tetrazole rings is 1. The van der Waals surface area contributed by atoms with Gasteiger partial charge in [0.2, 0.25) is 5.82 Å². The van der Waals surface area contributed by atoms with Crippen molar-refractivity contribution in [2.75, 3.05) is 0 Å². The number of nitrogens with zero attached hydrogens (tertiary/aromatic N) is 6. The van der Waals surface area contributed by atoms with Crippen molar-refractivity contribution in [3.05, 3.63) is 178 Å². The highest BCUT2D eigenvalue weighted by Gasteiger charge is 2.41. The summed E-state index contributed by atoms with van der Waals surface area (Å²) in [6, 6.07) is 41.1. The van der Waals surface area contributed by atoms with Crippen LogP contribution >= 0.6 is 15.9 Å². The van der Waals surface area contributed by atoms with E-state index in [9.17, 15) is 4.79 Å². The van der Waals surface area contributed by atoms with E-state index in [1.54, 1.807) is 17.3 Å². The van der Waals surface area contributed by atoms with Crippen LogP contribution in [0.5, 0.6) is 0 Å². The molecule has 0 fully saturated rings. The molecule has 8 nitrogen and oxygen atoms in total. The van der Waals surface area contributed by atoms with Crippen molar-refractivity contribution >= 4 is 22.2 Å². The Hall–Kier alpha value is -5.93. The molecular formula is C43H35BrN6O2. The van der Waals surface area contributed by atoms with Crippen molar-refractivity contribution < 1.29 is 9.21 Å². The van der Waals surface area contributed by atoms with E-state index < -0.39 is 5.54 Å². The summed E-state index contributed by atoms with van der Waals surface area (Å²) in [7, 11) is 0. The molecule has 2 aliphatic rings. The summed E-state index contributed by atoms with van der Waals surface area (Å²) in [6.45, 7) is 2.66. The number of aromatic nitrogens is 6. The third kappa shape index (κ3) is 5.77. The zero-order chi connectivity index (χ0) is 35.5. The summed E-state index contributed by atoms with van der Waals surface area (Å²) < 4.78 is 8.67. The number of benzene rings is 4. The Morgan fingerprint density at radius 2 is 1.38 bits per heavy atom. The van der Waals surface area contributed by atoms with Crippen LogP contribution in [0.25, 0.3) is 33.6 Å². The number of hydrogen-bond donors (Lipinski definition) is 0. The van der Waals surface area contributed by atoms with Crippen molar-refractivity contribution in [1.82, 2.24) is 29.8 Å². The predicted molar refractivity (Wildman–Crippen MR) is 205 cm³/mol. The van der Waals surface area contributed by atoms with Crippen molar-refractivity contribution in [2.24, 2.45) is 0 Å². The molecule has 6 aromatic rings. The average molecular weight is 748 g/mol. The normalized spacial score (nSPS) is 11.7. The second-order valence-corrected chi connectivity index (χ2v) is 13.5. The first-order valence-electron chi connectivity index (χ1n) is 17.4. The Bertz CT molecular complexity index is 2320. The zero-order valence-corrected chi connectivity index (χ0v) is 30.1. The van der Waals surface area contributed by atoms with Gasteiger partial charge in [0.15, 0.2) is 11.8 Å². The van der Waals surface area contributed by atoms with Gasteiger partial charge in [-0.15, -0.1) is 15.0 Å². The third-order valence-electron chi connectivity index (χ3n) is 9.68. The van der Waals surface area contributed by atoms with Crippen molar-refractivity contribution in [3.8, 4) is 33.6 Å². The average Bonchev–Trinajstić information content (AvgIpc) is 3.92. The molecular weight excluding hydrogens is 712 g/mol. The molecule has 0 saturated heterocycles. The van der Waals surface area contributed by atoms with Crippen LogP contribution in [0, 0.1) is 0 Å². The van der Waals surface area contributed by atoms with Crippen LogP contribution in [0.1, 0.15) is 58.3 Å². The van der Waals surface area contributed by atoms with E-state index in [-0.39, 0.29) is 0 Å². The van der Waals surface area contributed by atoms with Crippen LogP contribution in [0.2, 0.25) is 0 Å². The number of aldehydes is 1. The Balaban J connectivity index is 1.32. The molecule has 9 heteroatoms. The van der Waals surface area contributed by atoms with E-state index in [4.69, 9.17) is 19.8 Å². The second kappa shape index (κ2) is 14.4. The first-order valence-corrected chi connectivity index (χ1v) is 18.2. The van der Waals surface area contributed by atoms with Crippen LogP contribution in [0.4, 0.5) is 0 Å². The van der Waals surface area contributed by atoms with E-state index in [1.165, 1.54) is 0 Å². The lowest BCUT2D eigenvalue weighted by molar-refractivity contribution is 0.111. The standard InChI is InChI=1S/C43H35BrN6O2/c1-2-3-23-39-45-33(28-51)26-49(39)27-37-34-24-25-52-29-38(34)41(44)40(37)35-21-13-14-22-36(35)42-46-48-50(47-42)43(30-15-7-4-8-16-30,31-17-9-5-10-18-31)32-19-11-6-12-20-32/h4-22,24-26,28-29H,2-3,23,27H2,1H3.